The van der Waals surface area contributed by atoms with Crippen LogP contribution < -0.4 is 4.74 Å². The summed E-state index contributed by atoms with van der Waals surface area (Å²) in [4.78, 5) is 15.1. The van der Waals surface area contributed by atoms with Crippen LogP contribution in [0.5, 0.6) is 5.75 Å². The van der Waals surface area contributed by atoms with Gasteiger partial charge in [-0.3, -0.25) is 4.79 Å². The predicted molar refractivity (Wildman–Crippen MR) is 129 cm³/mol. The highest BCUT2D eigenvalue weighted by molar-refractivity contribution is 7.89. The van der Waals surface area contributed by atoms with Crippen LogP contribution in [0.1, 0.15) is 23.6 Å². The first-order valence-electron chi connectivity index (χ1n) is 10.9. The smallest absolute Gasteiger partial charge is 0.243 e. The summed E-state index contributed by atoms with van der Waals surface area (Å²) in [5.74, 6) is 0.378. The Balaban J connectivity index is 1.79. The van der Waals surface area contributed by atoms with E-state index in [0.717, 1.165) is 21.0 Å². The van der Waals surface area contributed by atoms with Crippen LogP contribution in [-0.2, 0) is 27.9 Å². The maximum absolute atomic E-state index is 13.2. The minimum absolute atomic E-state index is 0.136. The maximum atomic E-state index is 13.2. The van der Waals surface area contributed by atoms with E-state index in [1.54, 1.807) is 24.0 Å². The summed E-state index contributed by atoms with van der Waals surface area (Å²) in [6, 6.07) is 24.1. The zero-order valence-corrected chi connectivity index (χ0v) is 20.1. The molecule has 0 aliphatic rings. The number of benzene rings is 3. The van der Waals surface area contributed by atoms with Gasteiger partial charge in [0, 0.05) is 20.1 Å². The summed E-state index contributed by atoms with van der Waals surface area (Å²) in [7, 11) is -2.40. The summed E-state index contributed by atoms with van der Waals surface area (Å²) >= 11 is 0. The number of sulfonamides is 1. The molecule has 0 heterocycles. The zero-order chi connectivity index (χ0) is 23.8. The molecule has 0 unspecified atom stereocenters. The lowest BCUT2D eigenvalue weighted by molar-refractivity contribution is -0.132. The molecule has 0 aliphatic carbocycles. The number of carbonyl (C=O) groups is 1. The first-order chi connectivity index (χ1) is 15.8. The quantitative estimate of drug-likeness (QED) is 0.448. The summed E-state index contributed by atoms with van der Waals surface area (Å²) < 4.78 is 32.9. The zero-order valence-electron chi connectivity index (χ0n) is 19.3. The predicted octanol–water partition coefficient (Wildman–Crippen LogP) is 4.24. The SMILES string of the molecule is CCOc1ccc(S(=O)(=O)N(C)CC(=O)N(Cc2ccccc2)Cc2ccccc2)cc1C. The van der Waals surface area contributed by atoms with Gasteiger partial charge in [-0.25, -0.2) is 8.42 Å². The number of ether oxygens (including phenoxy) is 1. The van der Waals surface area contributed by atoms with E-state index in [2.05, 4.69) is 0 Å². The van der Waals surface area contributed by atoms with Gasteiger partial charge in [-0.2, -0.15) is 4.31 Å². The van der Waals surface area contributed by atoms with Crippen LogP contribution in [0.3, 0.4) is 0 Å². The summed E-state index contributed by atoms with van der Waals surface area (Å²) in [6.45, 7) is 4.71. The number of hydrogen-bond donors (Lipinski definition) is 0. The fourth-order valence-corrected chi connectivity index (χ4v) is 4.70. The number of nitrogens with zero attached hydrogens (tertiary/aromatic N) is 2. The van der Waals surface area contributed by atoms with Crippen molar-refractivity contribution in [2.75, 3.05) is 20.2 Å². The van der Waals surface area contributed by atoms with Crippen molar-refractivity contribution >= 4 is 15.9 Å². The Kier molecular flexibility index (Phi) is 8.25. The van der Waals surface area contributed by atoms with Gasteiger partial charge in [0.2, 0.25) is 15.9 Å². The molecule has 3 aromatic rings. The topological polar surface area (TPSA) is 66.9 Å². The van der Waals surface area contributed by atoms with E-state index < -0.39 is 10.0 Å². The van der Waals surface area contributed by atoms with Crippen molar-refractivity contribution in [2.24, 2.45) is 0 Å². The van der Waals surface area contributed by atoms with Gasteiger partial charge in [0.05, 0.1) is 18.0 Å². The molecule has 33 heavy (non-hydrogen) atoms. The van der Waals surface area contributed by atoms with Crippen LogP contribution >= 0.6 is 0 Å². The molecule has 0 N–H and O–H groups in total. The fourth-order valence-electron chi connectivity index (χ4n) is 3.50. The molecule has 0 aliphatic heterocycles. The van der Waals surface area contributed by atoms with Crippen molar-refractivity contribution in [1.82, 2.24) is 9.21 Å². The molecular weight excluding hydrogens is 436 g/mol. The van der Waals surface area contributed by atoms with E-state index in [1.807, 2.05) is 67.6 Å². The molecular formula is C26H30N2O4S. The summed E-state index contributed by atoms with van der Waals surface area (Å²) in [5.41, 5.74) is 2.69. The molecule has 0 radical (unpaired) electrons. The fraction of sp³-hybridized carbons (Fsp3) is 0.269. The van der Waals surface area contributed by atoms with Gasteiger partial charge in [-0.1, -0.05) is 60.7 Å². The largest absolute Gasteiger partial charge is 0.494 e. The van der Waals surface area contributed by atoms with Crippen LogP contribution in [0, 0.1) is 6.92 Å². The Labute approximate surface area is 196 Å². The third-order valence-corrected chi connectivity index (χ3v) is 7.10. The summed E-state index contributed by atoms with van der Waals surface area (Å²) in [5, 5.41) is 0. The van der Waals surface area contributed by atoms with Crippen LogP contribution in [-0.4, -0.2) is 43.7 Å². The highest BCUT2D eigenvalue weighted by atomic mass is 32.2. The van der Waals surface area contributed by atoms with Gasteiger partial charge in [0.15, 0.2) is 0 Å². The molecule has 0 aromatic heterocycles. The van der Waals surface area contributed by atoms with E-state index in [4.69, 9.17) is 4.74 Å². The van der Waals surface area contributed by atoms with Crippen LogP contribution in [0.2, 0.25) is 0 Å². The first-order valence-corrected chi connectivity index (χ1v) is 12.3. The molecule has 3 rings (SSSR count). The Hall–Kier alpha value is -3.16. The molecule has 0 atom stereocenters. The molecule has 3 aromatic carbocycles. The van der Waals surface area contributed by atoms with E-state index in [1.165, 1.54) is 13.1 Å². The molecule has 7 heteroatoms. The van der Waals surface area contributed by atoms with E-state index in [9.17, 15) is 13.2 Å². The van der Waals surface area contributed by atoms with Crippen LogP contribution in [0.25, 0.3) is 0 Å². The monoisotopic (exact) mass is 466 g/mol. The number of carbonyl (C=O) groups excluding carboxylic acids is 1. The normalized spacial score (nSPS) is 11.4. The Morgan fingerprint density at radius 1 is 0.879 bits per heavy atom. The Bertz CT molecular complexity index is 1120. The highest BCUT2D eigenvalue weighted by Gasteiger charge is 2.26. The second kappa shape index (κ2) is 11.1. The number of rotatable bonds is 10. The third kappa shape index (κ3) is 6.43. The van der Waals surface area contributed by atoms with Gasteiger partial charge in [0.25, 0.3) is 0 Å². The molecule has 174 valence electrons. The molecule has 0 saturated heterocycles. The van der Waals surface area contributed by atoms with Crippen molar-refractivity contribution in [1.29, 1.82) is 0 Å². The summed E-state index contributed by atoms with van der Waals surface area (Å²) in [6.07, 6.45) is 0. The lowest BCUT2D eigenvalue weighted by atomic mass is 10.1. The van der Waals surface area contributed by atoms with Crippen LogP contribution in [0.15, 0.2) is 83.8 Å². The van der Waals surface area contributed by atoms with Gasteiger partial charge in [0.1, 0.15) is 5.75 Å². The van der Waals surface area contributed by atoms with Gasteiger partial charge >= 0.3 is 0 Å². The molecule has 0 bridgehead atoms. The molecule has 1 amide bonds. The molecule has 6 nitrogen and oxygen atoms in total. The number of aryl methyl sites for hydroxylation is 1. The minimum atomic E-state index is -3.84. The maximum Gasteiger partial charge on any atom is 0.243 e. The van der Waals surface area contributed by atoms with Crippen molar-refractivity contribution in [3.8, 4) is 5.75 Å². The third-order valence-electron chi connectivity index (χ3n) is 5.30. The lowest BCUT2D eigenvalue weighted by Crippen LogP contribution is -2.40. The Morgan fingerprint density at radius 2 is 1.42 bits per heavy atom. The number of hydrogen-bond acceptors (Lipinski definition) is 4. The molecule has 0 fully saturated rings. The van der Waals surface area contributed by atoms with Gasteiger partial charge in [-0.05, 0) is 48.7 Å². The second-order valence-electron chi connectivity index (χ2n) is 7.84. The van der Waals surface area contributed by atoms with Gasteiger partial charge in [-0.15, -0.1) is 0 Å². The molecule has 0 saturated carbocycles. The minimum Gasteiger partial charge on any atom is -0.494 e. The van der Waals surface area contributed by atoms with E-state index in [-0.39, 0.29) is 17.3 Å². The van der Waals surface area contributed by atoms with Crippen molar-refractivity contribution in [3.63, 3.8) is 0 Å². The van der Waals surface area contributed by atoms with E-state index >= 15 is 0 Å². The van der Waals surface area contributed by atoms with Crippen LogP contribution in [0.4, 0.5) is 0 Å². The average Bonchev–Trinajstić information content (AvgIpc) is 2.81. The second-order valence-corrected chi connectivity index (χ2v) is 9.89. The number of likely N-dealkylation sites (N-methyl/N-ethyl adjacent to an activating group) is 1. The van der Waals surface area contributed by atoms with Crippen molar-refractivity contribution in [2.45, 2.75) is 31.8 Å². The molecule has 0 spiro atoms. The average molecular weight is 467 g/mol. The van der Waals surface area contributed by atoms with Crippen molar-refractivity contribution in [3.05, 3.63) is 95.6 Å². The lowest BCUT2D eigenvalue weighted by Gasteiger charge is -2.26. The standard InChI is InChI=1S/C26H30N2O4S/c1-4-32-25-16-15-24(17-21(25)2)33(30,31)27(3)20-26(29)28(18-22-11-7-5-8-12-22)19-23-13-9-6-10-14-23/h5-17H,4,18-20H2,1-3H3. The van der Waals surface area contributed by atoms with Gasteiger partial charge < -0.3 is 9.64 Å². The van der Waals surface area contributed by atoms with Crippen molar-refractivity contribution < 1.29 is 17.9 Å². The van der Waals surface area contributed by atoms with E-state index in [0.29, 0.717) is 25.4 Å². The highest BCUT2D eigenvalue weighted by Crippen LogP contribution is 2.24. The Morgan fingerprint density at radius 3 is 1.91 bits per heavy atom. The first kappa shape index (κ1) is 24.5. The number of amides is 1.